The lowest BCUT2D eigenvalue weighted by molar-refractivity contribution is -0.116. The summed E-state index contributed by atoms with van der Waals surface area (Å²) in [6, 6.07) is 23.5. The lowest BCUT2D eigenvalue weighted by Gasteiger charge is -2.30. The van der Waals surface area contributed by atoms with Gasteiger partial charge in [-0.2, -0.15) is 0 Å². The van der Waals surface area contributed by atoms with Crippen molar-refractivity contribution in [3.63, 3.8) is 0 Å². The molecule has 4 nitrogen and oxygen atoms in total. The molecule has 0 aromatic heterocycles. The molecule has 152 valence electrons. The van der Waals surface area contributed by atoms with Crippen LogP contribution in [0.5, 0.6) is 0 Å². The Morgan fingerprint density at radius 3 is 2.57 bits per heavy atom. The molecule has 0 saturated heterocycles. The molecule has 3 aromatic carbocycles. The second-order valence-electron chi connectivity index (χ2n) is 7.48. The minimum absolute atomic E-state index is 0.0611. The highest BCUT2D eigenvalue weighted by atomic mass is 32.2. The van der Waals surface area contributed by atoms with E-state index in [1.54, 1.807) is 4.90 Å². The van der Waals surface area contributed by atoms with E-state index in [9.17, 15) is 9.59 Å². The van der Waals surface area contributed by atoms with E-state index in [4.69, 9.17) is 0 Å². The molecule has 1 heterocycles. The van der Waals surface area contributed by atoms with Crippen LogP contribution in [0.3, 0.4) is 0 Å². The van der Waals surface area contributed by atoms with Crippen molar-refractivity contribution in [3.05, 3.63) is 95.1 Å². The van der Waals surface area contributed by atoms with Crippen LogP contribution >= 0.6 is 11.8 Å². The van der Waals surface area contributed by atoms with E-state index < -0.39 is 0 Å². The molecular formula is C25H24N2O2S. The minimum Gasteiger partial charge on any atom is -0.346 e. The van der Waals surface area contributed by atoms with Crippen LogP contribution in [-0.2, 0) is 11.3 Å². The maximum Gasteiger partial charge on any atom is 0.251 e. The standard InChI is InChI=1S/C25H24N2O2S/c1-17-8-6-7-11-21(17)15-27-22-14-20(12-13-23(22)30-16-24(27)28)25(29)26-18(2)19-9-4-3-5-10-19/h3-14,18H,15-16H2,1-2H3,(H,26,29)/t18-/m1/s1. The van der Waals surface area contributed by atoms with E-state index in [0.717, 1.165) is 27.3 Å². The average Bonchev–Trinajstić information content (AvgIpc) is 2.77. The Morgan fingerprint density at radius 2 is 1.80 bits per heavy atom. The zero-order chi connectivity index (χ0) is 21.1. The van der Waals surface area contributed by atoms with Crippen LogP contribution in [0.2, 0.25) is 0 Å². The van der Waals surface area contributed by atoms with Crippen molar-refractivity contribution < 1.29 is 9.59 Å². The molecule has 0 unspecified atom stereocenters. The first-order valence-electron chi connectivity index (χ1n) is 10.0. The fraction of sp³-hybridized carbons (Fsp3) is 0.200. The Labute approximate surface area is 181 Å². The Balaban J connectivity index is 1.59. The molecule has 0 bridgehead atoms. The van der Waals surface area contributed by atoms with Gasteiger partial charge in [0.15, 0.2) is 0 Å². The van der Waals surface area contributed by atoms with Gasteiger partial charge in [-0.25, -0.2) is 0 Å². The largest absolute Gasteiger partial charge is 0.346 e. The number of rotatable bonds is 5. The normalized spacial score (nSPS) is 14.2. The first-order valence-corrected chi connectivity index (χ1v) is 11.0. The number of nitrogens with one attached hydrogen (secondary N) is 1. The molecule has 0 spiro atoms. The van der Waals surface area contributed by atoms with E-state index >= 15 is 0 Å². The van der Waals surface area contributed by atoms with Crippen LogP contribution in [0.15, 0.2) is 77.7 Å². The summed E-state index contributed by atoms with van der Waals surface area (Å²) in [4.78, 5) is 28.4. The van der Waals surface area contributed by atoms with Gasteiger partial charge in [0.2, 0.25) is 5.91 Å². The molecule has 1 aliphatic rings. The molecular weight excluding hydrogens is 392 g/mol. The van der Waals surface area contributed by atoms with Crippen molar-refractivity contribution in [2.75, 3.05) is 10.7 Å². The minimum atomic E-state index is -0.145. The highest BCUT2D eigenvalue weighted by Gasteiger charge is 2.26. The molecule has 1 N–H and O–H groups in total. The van der Waals surface area contributed by atoms with Crippen LogP contribution in [0, 0.1) is 6.92 Å². The van der Waals surface area contributed by atoms with E-state index in [2.05, 4.69) is 5.32 Å². The molecule has 3 aromatic rings. The van der Waals surface area contributed by atoms with Crippen LogP contribution in [0.4, 0.5) is 5.69 Å². The molecule has 5 heteroatoms. The van der Waals surface area contributed by atoms with Crippen LogP contribution in [-0.4, -0.2) is 17.6 Å². The van der Waals surface area contributed by atoms with E-state index in [-0.39, 0.29) is 17.9 Å². The second kappa shape index (κ2) is 8.76. The number of benzene rings is 3. The summed E-state index contributed by atoms with van der Waals surface area (Å²) in [5, 5.41) is 3.05. The molecule has 0 fully saturated rings. The van der Waals surface area contributed by atoms with Gasteiger partial charge in [0.05, 0.1) is 24.0 Å². The third-order valence-electron chi connectivity index (χ3n) is 5.40. The first-order chi connectivity index (χ1) is 14.5. The van der Waals surface area contributed by atoms with Gasteiger partial charge in [-0.05, 0) is 48.7 Å². The predicted octanol–water partition coefficient (Wildman–Crippen LogP) is 5.12. The number of amides is 2. The Hall–Kier alpha value is -3.05. The fourth-order valence-electron chi connectivity index (χ4n) is 3.58. The van der Waals surface area contributed by atoms with Crippen LogP contribution in [0.25, 0.3) is 0 Å². The number of anilines is 1. The second-order valence-corrected chi connectivity index (χ2v) is 8.50. The fourth-order valence-corrected chi connectivity index (χ4v) is 4.50. The summed E-state index contributed by atoms with van der Waals surface area (Å²) in [5.74, 6) is 0.328. The molecule has 30 heavy (non-hydrogen) atoms. The van der Waals surface area contributed by atoms with Crippen molar-refractivity contribution in [1.29, 1.82) is 0 Å². The van der Waals surface area contributed by atoms with E-state index in [0.29, 0.717) is 17.9 Å². The Bertz CT molecular complexity index is 1080. The number of carbonyl (C=O) groups excluding carboxylic acids is 2. The summed E-state index contributed by atoms with van der Waals surface area (Å²) in [7, 11) is 0. The van der Waals surface area contributed by atoms with Gasteiger partial charge in [-0.3, -0.25) is 9.59 Å². The maximum atomic E-state index is 12.9. The maximum absolute atomic E-state index is 12.9. The lowest BCUT2D eigenvalue weighted by Crippen LogP contribution is -2.35. The highest BCUT2D eigenvalue weighted by molar-refractivity contribution is 8.00. The summed E-state index contributed by atoms with van der Waals surface area (Å²) in [5.41, 5.74) is 4.67. The third-order valence-corrected chi connectivity index (χ3v) is 6.45. The number of fused-ring (bicyclic) bond motifs is 1. The van der Waals surface area contributed by atoms with Gasteiger partial charge in [-0.1, -0.05) is 54.6 Å². The summed E-state index contributed by atoms with van der Waals surface area (Å²) >= 11 is 1.52. The predicted molar refractivity (Wildman–Crippen MR) is 122 cm³/mol. The number of aryl methyl sites for hydroxylation is 1. The van der Waals surface area contributed by atoms with Crippen molar-refractivity contribution in [2.45, 2.75) is 31.3 Å². The summed E-state index contributed by atoms with van der Waals surface area (Å²) in [6.45, 7) is 4.52. The first kappa shape index (κ1) is 20.2. The van der Waals surface area contributed by atoms with Crippen molar-refractivity contribution >= 4 is 29.3 Å². The molecule has 1 aliphatic heterocycles. The smallest absolute Gasteiger partial charge is 0.251 e. The van der Waals surface area contributed by atoms with Crippen LogP contribution in [0.1, 0.15) is 40.0 Å². The van der Waals surface area contributed by atoms with Crippen molar-refractivity contribution in [2.24, 2.45) is 0 Å². The van der Waals surface area contributed by atoms with E-state index in [1.807, 2.05) is 86.6 Å². The van der Waals surface area contributed by atoms with Gasteiger partial charge < -0.3 is 10.2 Å². The lowest BCUT2D eigenvalue weighted by atomic mass is 10.1. The average molecular weight is 417 g/mol. The number of carbonyl (C=O) groups is 2. The van der Waals surface area contributed by atoms with Gasteiger partial charge >= 0.3 is 0 Å². The van der Waals surface area contributed by atoms with Gasteiger partial charge in [-0.15, -0.1) is 11.8 Å². The molecule has 2 amide bonds. The third kappa shape index (κ3) is 4.26. The monoisotopic (exact) mass is 416 g/mol. The molecule has 0 aliphatic carbocycles. The molecule has 0 saturated carbocycles. The Morgan fingerprint density at radius 1 is 1.07 bits per heavy atom. The van der Waals surface area contributed by atoms with Gasteiger partial charge in [0, 0.05) is 10.5 Å². The van der Waals surface area contributed by atoms with E-state index in [1.165, 1.54) is 11.8 Å². The summed E-state index contributed by atoms with van der Waals surface area (Å²) < 4.78 is 0. The van der Waals surface area contributed by atoms with Gasteiger partial charge in [0.1, 0.15) is 0 Å². The number of hydrogen-bond donors (Lipinski definition) is 1. The quantitative estimate of drug-likeness (QED) is 0.628. The Kier molecular flexibility index (Phi) is 5.91. The van der Waals surface area contributed by atoms with Crippen molar-refractivity contribution in [3.8, 4) is 0 Å². The number of nitrogens with zero attached hydrogens (tertiary/aromatic N) is 1. The number of thioether (sulfide) groups is 1. The summed E-state index contributed by atoms with van der Waals surface area (Å²) in [6.07, 6.45) is 0. The molecule has 1 atom stereocenters. The molecule has 4 rings (SSSR count). The topological polar surface area (TPSA) is 49.4 Å². The highest BCUT2D eigenvalue weighted by Crippen LogP contribution is 2.37. The zero-order valence-electron chi connectivity index (χ0n) is 17.1. The zero-order valence-corrected chi connectivity index (χ0v) is 17.9. The number of hydrogen-bond acceptors (Lipinski definition) is 3. The SMILES string of the molecule is Cc1ccccc1CN1C(=O)CSc2ccc(C(=O)N[C@H](C)c3ccccc3)cc21. The van der Waals surface area contributed by atoms with Crippen molar-refractivity contribution in [1.82, 2.24) is 5.32 Å². The van der Waals surface area contributed by atoms with Gasteiger partial charge in [0.25, 0.3) is 5.91 Å². The van der Waals surface area contributed by atoms with Crippen LogP contribution < -0.4 is 10.2 Å². The molecule has 0 radical (unpaired) electrons.